The van der Waals surface area contributed by atoms with Crippen LogP contribution in [0, 0.1) is 6.92 Å². The van der Waals surface area contributed by atoms with Crippen LogP contribution in [0.4, 0.5) is 5.69 Å². The van der Waals surface area contributed by atoms with Gasteiger partial charge in [-0.15, -0.1) is 0 Å². The summed E-state index contributed by atoms with van der Waals surface area (Å²) in [7, 11) is 0. The predicted octanol–water partition coefficient (Wildman–Crippen LogP) is 3.47. The topological polar surface area (TPSA) is 71.5 Å². The summed E-state index contributed by atoms with van der Waals surface area (Å²) >= 11 is 0. The van der Waals surface area contributed by atoms with Gasteiger partial charge in [0.2, 0.25) is 0 Å². The highest BCUT2D eigenvalue weighted by molar-refractivity contribution is 5.92. The second-order valence-electron chi connectivity index (χ2n) is 9.80. The summed E-state index contributed by atoms with van der Waals surface area (Å²) in [5.74, 6) is -0.209. The van der Waals surface area contributed by atoms with Crippen LogP contribution in [0.5, 0.6) is 5.75 Å². The monoisotopic (exact) mass is 444 g/mol. The van der Waals surface area contributed by atoms with Gasteiger partial charge in [0.25, 0.3) is 0 Å². The number of carbonyl (C=O) groups is 1. The molecule has 5 rings (SSSR count). The van der Waals surface area contributed by atoms with Crippen molar-refractivity contribution in [1.29, 1.82) is 0 Å². The Kier molecular flexibility index (Phi) is 6.32. The smallest absolute Gasteiger partial charge is 0.336 e. The van der Waals surface area contributed by atoms with Crippen LogP contribution in [0.2, 0.25) is 0 Å². The molecule has 0 aromatic heterocycles. The molecule has 1 N–H and O–H groups in total. The van der Waals surface area contributed by atoms with E-state index in [2.05, 4.69) is 22.8 Å². The fourth-order valence-corrected chi connectivity index (χ4v) is 6.04. The minimum Gasteiger partial charge on any atom is -0.490 e. The number of nitrogens with zero attached hydrogens (tertiary/aromatic N) is 2. The van der Waals surface area contributed by atoms with Crippen molar-refractivity contribution in [2.75, 3.05) is 37.7 Å². The van der Waals surface area contributed by atoms with Gasteiger partial charge in [-0.05, 0) is 51.2 Å². The maximum atomic E-state index is 12.0. The van der Waals surface area contributed by atoms with Crippen molar-refractivity contribution in [2.45, 2.75) is 82.8 Å². The van der Waals surface area contributed by atoms with E-state index in [1.807, 2.05) is 6.92 Å². The van der Waals surface area contributed by atoms with Crippen molar-refractivity contribution >= 4 is 11.7 Å². The highest BCUT2D eigenvalue weighted by Crippen LogP contribution is 2.39. The largest absolute Gasteiger partial charge is 0.490 e. The molecule has 32 heavy (non-hydrogen) atoms. The van der Waals surface area contributed by atoms with Crippen LogP contribution in [0.3, 0.4) is 0 Å². The molecule has 1 saturated carbocycles. The highest BCUT2D eigenvalue weighted by atomic mass is 16.5. The predicted molar refractivity (Wildman–Crippen MR) is 122 cm³/mol. The molecule has 4 fully saturated rings. The minimum atomic E-state index is -0.892. The lowest BCUT2D eigenvalue weighted by Gasteiger charge is -2.44. The molecule has 176 valence electrons. The summed E-state index contributed by atoms with van der Waals surface area (Å²) in [5.41, 5.74) is 2.16. The lowest BCUT2D eigenvalue weighted by molar-refractivity contribution is -0.0373. The third-order valence-electron chi connectivity index (χ3n) is 7.88. The van der Waals surface area contributed by atoms with Gasteiger partial charge in [0.05, 0.1) is 31.0 Å². The van der Waals surface area contributed by atoms with E-state index >= 15 is 0 Å². The Bertz CT molecular complexity index is 822. The molecule has 3 aliphatic heterocycles. The third kappa shape index (κ3) is 4.35. The molecule has 1 aromatic rings. The first-order chi connectivity index (χ1) is 15.5. The number of anilines is 1. The molecule has 2 bridgehead atoms. The molecule has 3 heterocycles. The molecular formula is C25H36N2O5. The minimum absolute atomic E-state index is 0.147. The van der Waals surface area contributed by atoms with Gasteiger partial charge in [0.15, 0.2) is 0 Å². The lowest BCUT2D eigenvalue weighted by atomic mass is 9.87. The average molecular weight is 445 g/mol. The molecule has 4 aliphatic rings. The zero-order valence-corrected chi connectivity index (χ0v) is 19.3. The van der Waals surface area contributed by atoms with Gasteiger partial charge < -0.3 is 24.2 Å². The molecule has 1 aromatic carbocycles. The lowest BCUT2D eigenvalue weighted by Crippen LogP contribution is -2.52. The molecule has 2 atom stereocenters. The van der Waals surface area contributed by atoms with E-state index in [0.29, 0.717) is 35.6 Å². The molecule has 3 saturated heterocycles. The van der Waals surface area contributed by atoms with Crippen LogP contribution in [0.15, 0.2) is 12.1 Å². The van der Waals surface area contributed by atoms with E-state index in [4.69, 9.17) is 14.2 Å². The summed E-state index contributed by atoms with van der Waals surface area (Å²) in [5, 5.41) is 9.88. The van der Waals surface area contributed by atoms with Crippen molar-refractivity contribution in [2.24, 2.45) is 0 Å². The maximum absolute atomic E-state index is 12.0. The second kappa shape index (κ2) is 9.20. The van der Waals surface area contributed by atoms with Gasteiger partial charge in [-0.25, -0.2) is 4.79 Å². The third-order valence-corrected chi connectivity index (χ3v) is 7.88. The summed E-state index contributed by atoms with van der Waals surface area (Å²) in [4.78, 5) is 16.9. The van der Waals surface area contributed by atoms with Gasteiger partial charge in [-0.2, -0.15) is 0 Å². The molecule has 7 heteroatoms. The number of rotatable bonds is 7. The molecular weight excluding hydrogens is 408 g/mol. The van der Waals surface area contributed by atoms with E-state index in [0.717, 1.165) is 82.6 Å². The first-order valence-electron chi connectivity index (χ1n) is 12.3. The van der Waals surface area contributed by atoms with Crippen LogP contribution in [-0.4, -0.2) is 79.2 Å². The van der Waals surface area contributed by atoms with Crippen LogP contribution < -0.4 is 9.64 Å². The van der Waals surface area contributed by atoms with E-state index in [-0.39, 0.29) is 6.10 Å². The Morgan fingerprint density at radius 2 is 1.84 bits per heavy atom. The summed E-state index contributed by atoms with van der Waals surface area (Å²) in [6.07, 6.45) is 7.15. The van der Waals surface area contributed by atoms with Gasteiger partial charge >= 0.3 is 5.97 Å². The first-order valence-corrected chi connectivity index (χ1v) is 12.3. The summed E-state index contributed by atoms with van der Waals surface area (Å²) in [6, 6.07) is 4.73. The van der Waals surface area contributed by atoms with Gasteiger partial charge in [0.1, 0.15) is 11.9 Å². The Morgan fingerprint density at radius 1 is 1.16 bits per heavy atom. The fourth-order valence-electron chi connectivity index (χ4n) is 6.04. The number of benzene rings is 1. The van der Waals surface area contributed by atoms with Gasteiger partial charge in [-0.1, -0.05) is 0 Å². The van der Waals surface area contributed by atoms with Crippen molar-refractivity contribution in [3.63, 3.8) is 0 Å². The number of hydrogen-bond acceptors (Lipinski definition) is 6. The Balaban J connectivity index is 1.33. The second-order valence-corrected chi connectivity index (χ2v) is 9.80. The zero-order valence-electron chi connectivity index (χ0n) is 19.3. The fraction of sp³-hybridized carbons (Fsp3) is 0.720. The Labute approximate surface area is 190 Å². The molecule has 0 spiro atoms. The standard InChI is InChI=1S/C25H36N2O5/c1-3-27(18-12-19-4-5-20(13-18)31-19)24-15-22(14-23(16(24)2)25(28)29)32-21-10-17(11-21)26-6-8-30-9-7-26/h14-15,17-21H,3-13H2,1-2H3,(H,28,29)/t17-,18?,19?,20?,21-. The van der Waals surface area contributed by atoms with Crippen molar-refractivity contribution < 1.29 is 24.1 Å². The average Bonchev–Trinajstić information content (AvgIpc) is 3.10. The van der Waals surface area contributed by atoms with Crippen LogP contribution in [0.1, 0.15) is 61.4 Å². The molecule has 1 aliphatic carbocycles. The van der Waals surface area contributed by atoms with E-state index in [1.165, 1.54) is 0 Å². The number of ether oxygens (including phenoxy) is 3. The number of fused-ring (bicyclic) bond motifs is 2. The van der Waals surface area contributed by atoms with E-state index in [1.54, 1.807) is 6.07 Å². The molecule has 0 radical (unpaired) electrons. The highest BCUT2D eigenvalue weighted by Gasteiger charge is 2.39. The Morgan fingerprint density at radius 3 is 2.47 bits per heavy atom. The van der Waals surface area contributed by atoms with E-state index < -0.39 is 5.97 Å². The molecule has 0 amide bonds. The van der Waals surface area contributed by atoms with E-state index in [9.17, 15) is 9.90 Å². The zero-order chi connectivity index (χ0) is 22.2. The Hall–Kier alpha value is -1.83. The number of aromatic carboxylic acids is 1. The van der Waals surface area contributed by atoms with Gasteiger partial charge in [-0.3, -0.25) is 4.90 Å². The van der Waals surface area contributed by atoms with Crippen LogP contribution in [-0.2, 0) is 9.47 Å². The normalized spacial score (nSPS) is 32.4. The number of carboxylic acid groups (broad SMARTS) is 1. The first kappa shape index (κ1) is 22.0. The number of morpholine rings is 1. The van der Waals surface area contributed by atoms with Crippen LogP contribution >= 0.6 is 0 Å². The summed E-state index contributed by atoms with van der Waals surface area (Å²) in [6.45, 7) is 8.54. The SMILES string of the molecule is CCN(c1cc(O[C@H]2C[C@H](N3CCOCC3)C2)cc(C(=O)O)c1C)C1CC2CCC(C1)O2. The van der Waals surface area contributed by atoms with Crippen molar-refractivity contribution in [1.82, 2.24) is 4.90 Å². The summed E-state index contributed by atoms with van der Waals surface area (Å²) < 4.78 is 17.8. The maximum Gasteiger partial charge on any atom is 0.336 e. The number of carboxylic acids is 1. The molecule has 7 nitrogen and oxygen atoms in total. The number of hydrogen-bond donors (Lipinski definition) is 1. The van der Waals surface area contributed by atoms with Crippen molar-refractivity contribution in [3.05, 3.63) is 23.3 Å². The van der Waals surface area contributed by atoms with Crippen molar-refractivity contribution in [3.8, 4) is 5.75 Å². The molecule has 2 unspecified atom stereocenters. The van der Waals surface area contributed by atoms with Gasteiger partial charge in [0, 0.05) is 56.3 Å². The quantitative estimate of drug-likeness (QED) is 0.690. The van der Waals surface area contributed by atoms with Crippen LogP contribution in [0.25, 0.3) is 0 Å².